The lowest BCUT2D eigenvalue weighted by Gasteiger charge is -2.20. The molecule has 1 heterocycles. The number of thiazole rings is 1. The van der Waals surface area contributed by atoms with Gasteiger partial charge in [-0.3, -0.25) is 9.69 Å². The SMILES string of the molecule is COc1ccc(CC(=O)N(Cc2ccccc2)c2nc3c(s2)CCCC3)cc1OC. The van der Waals surface area contributed by atoms with Crippen LogP contribution in [-0.2, 0) is 30.6 Å². The summed E-state index contributed by atoms with van der Waals surface area (Å²) in [6, 6.07) is 15.7. The first-order chi connectivity index (χ1) is 14.7. The van der Waals surface area contributed by atoms with Gasteiger partial charge in [-0.05, 0) is 48.9 Å². The molecule has 0 spiro atoms. The van der Waals surface area contributed by atoms with E-state index in [4.69, 9.17) is 14.5 Å². The lowest BCUT2D eigenvalue weighted by Crippen LogP contribution is -2.31. The van der Waals surface area contributed by atoms with Gasteiger partial charge in [0.05, 0.1) is 32.9 Å². The Hall–Kier alpha value is -2.86. The van der Waals surface area contributed by atoms with Gasteiger partial charge in [-0.15, -0.1) is 11.3 Å². The predicted octanol–water partition coefficient (Wildman–Crippen LogP) is 4.82. The van der Waals surface area contributed by atoms with Gasteiger partial charge in [-0.25, -0.2) is 4.98 Å². The van der Waals surface area contributed by atoms with Crippen LogP contribution in [0.5, 0.6) is 11.5 Å². The van der Waals surface area contributed by atoms with Gasteiger partial charge < -0.3 is 9.47 Å². The Labute approximate surface area is 181 Å². The van der Waals surface area contributed by atoms with Gasteiger partial charge >= 0.3 is 0 Å². The summed E-state index contributed by atoms with van der Waals surface area (Å²) in [5.74, 6) is 1.31. The summed E-state index contributed by atoms with van der Waals surface area (Å²) in [5.41, 5.74) is 3.14. The normalized spacial score (nSPS) is 12.9. The number of hydrogen-bond donors (Lipinski definition) is 0. The Bertz CT molecular complexity index is 993. The molecule has 0 atom stereocenters. The zero-order valence-electron chi connectivity index (χ0n) is 17.4. The summed E-state index contributed by atoms with van der Waals surface area (Å²) in [4.78, 5) is 21.4. The molecule has 1 aliphatic rings. The van der Waals surface area contributed by atoms with Crippen LogP contribution in [0.3, 0.4) is 0 Å². The summed E-state index contributed by atoms with van der Waals surface area (Å²) < 4.78 is 10.7. The van der Waals surface area contributed by atoms with Crippen molar-refractivity contribution >= 4 is 22.4 Å². The smallest absolute Gasteiger partial charge is 0.233 e. The van der Waals surface area contributed by atoms with Gasteiger partial charge in [0.2, 0.25) is 5.91 Å². The average Bonchev–Trinajstić information content (AvgIpc) is 3.21. The van der Waals surface area contributed by atoms with E-state index in [2.05, 4.69) is 0 Å². The topological polar surface area (TPSA) is 51.7 Å². The third-order valence-electron chi connectivity index (χ3n) is 5.35. The standard InChI is InChI=1S/C24H26N2O3S/c1-28-20-13-12-18(14-21(20)29-2)15-23(27)26(16-17-8-4-3-5-9-17)24-25-19-10-6-7-11-22(19)30-24/h3-5,8-9,12-14H,6-7,10-11,15-16H2,1-2H3. The van der Waals surface area contributed by atoms with Crippen molar-refractivity contribution in [2.24, 2.45) is 0 Å². The molecule has 30 heavy (non-hydrogen) atoms. The highest BCUT2D eigenvalue weighted by molar-refractivity contribution is 7.15. The number of benzene rings is 2. The van der Waals surface area contributed by atoms with Crippen LogP contribution in [0, 0.1) is 0 Å². The number of carbonyl (C=O) groups is 1. The Kier molecular flexibility index (Phi) is 6.33. The minimum atomic E-state index is 0.0252. The van der Waals surface area contributed by atoms with Crippen LogP contribution in [0.2, 0.25) is 0 Å². The number of carbonyl (C=O) groups excluding carboxylic acids is 1. The van der Waals surface area contributed by atoms with Crippen molar-refractivity contribution in [1.29, 1.82) is 0 Å². The first kappa shape index (κ1) is 20.4. The van der Waals surface area contributed by atoms with E-state index < -0.39 is 0 Å². The van der Waals surface area contributed by atoms with E-state index in [0.717, 1.165) is 29.1 Å². The van der Waals surface area contributed by atoms with E-state index in [9.17, 15) is 4.79 Å². The van der Waals surface area contributed by atoms with Crippen molar-refractivity contribution in [3.63, 3.8) is 0 Å². The van der Waals surface area contributed by atoms with Crippen LogP contribution in [0.25, 0.3) is 0 Å². The van der Waals surface area contributed by atoms with Gasteiger partial charge in [0.15, 0.2) is 16.6 Å². The Morgan fingerprint density at radius 1 is 1.00 bits per heavy atom. The molecule has 0 radical (unpaired) electrons. The maximum atomic E-state index is 13.4. The maximum absolute atomic E-state index is 13.4. The van der Waals surface area contributed by atoms with E-state index in [0.29, 0.717) is 18.0 Å². The molecule has 2 aromatic carbocycles. The van der Waals surface area contributed by atoms with Crippen molar-refractivity contribution in [1.82, 2.24) is 4.98 Å². The summed E-state index contributed by atoms with van der Waals surface area (Å²) in [7, 11) is 3.21. The molecule has 156 valence electrons. The number of amides is 1. The van der Waals surface area contributed by atoms with Crippen molar-refractivity contribution in [2.45, 2.75) is 38.6 Å². The van der Waals surface area contributed by atoms with Crippen LogP contribution in [-0.4, -0.2) is 25.1 Å². The lowest BCUT2D eigenvalue weighted by molar-refractivity contribution is -0.118. The largest absolute Gasteiger partial charge is 0.493 e. The number of hydrogen-bond acceptors (Lipinski definition) is 5. The quantitative estimate of drug-likeness (QED) is 0.548. The molecule has 6 heteroatoms. The first-order valence-corrected chi connectivity index (χ1v) is 11.0. The van der Waals surface area contributed by atoms with Crippen LogP contribution < -0.4 is 14.4 Å². The number of methoxy groups -OCH3 is 2. The van der Waals surface area contributed by atoms with Gasteiger partial charge in [-0.1, -0.05) is 36.4 Å². The van der Waals surface area contributed by atoms with E-state index in [1.54, 1.807) is 25.6 Å². The summed E-state index contributed by atoms with van der Waals surface area (Å²) in [5, 5.41) is 0.802. The molecule has 3 aromatic rings. The number of rotatable bonds is 7. The molecule has 5 nitrogen and oxygen atoms in total. The molecular weight excluding hydrogens is 396 g/mol. The van der Waals surface area contributed by atoms with Gasteiger partial charge in [0, 0.05) is 4.88 Å². The number of aryl methyl sites for hydroxylation is 2. The van der Waals surface area contributed by atoms with Crippen LogP contribution in [0.4, 0.5) is 5.13 Å². The molecule has 0 N–H and O–H groups in total. The number of anilines is 1. The summed E-state index contributed by atoms with van der Waals surface area (Å²) >= 11 is 1.66. The molecule has 0 bridgehead atoms. The zero-order valence-corrected chi connectivity index (χ0v) is 18.2. The molecule has 0 unspecified atom stereocenters. The van der Waals surface area contributed by atoms with Gasteiger partial charge in [0.25, 0.3) is 0 Å². The highest BCUT2D eigenvalue weighted by Gasteiger charge is 2.24. The molecule has 0 saturated heterocycles. The van der Waals surface area contributed by atoms with E-state index in [1.165, 1.54) is 23.4 Å². The minimum absolute atomic E-state index is 0.0252. The fourth-order valence-electron chi connectivity index (χ4n) is 3.74. The first-order valence-electron chi connectivity index (χ1n) is 10.2. The second-order valence-electron chi connectivity index (χ2n) is 7.41. The fourth-order valence-corrected chi connectivity index (χ4v) is 4.91. The van der Waals surface area contributed by atoms with Crippen molar-refractivity contribution in [2.75, 3.05) is 19.1 Å². The average molecular weight is 423 g/mol. The fraction of sp³-hybridized carbons (Fsp3) is 0.333. The predicted molar refractivity (Wildman–Crippen MR) is 120 cm³/mol. The molecule has 1 aliphatic carbocycles. The van der Waals surface area contributed by atoms with Gasteiger partial charge in [0.1, 0.15) is 0 Å². The molecule has 1 aromatic heterocycles. The molecule has 4 rings (SSSR count). The maximum Gasteiger partial charge on any atom is 0.233 e. The van der Waals surface area contributed by atoms with Crippen LogP contribution in [0.1, 0.15) is 34.5 Å². The lowest BCUT2D eigenvalue weighted by atomic mass is 10.0. The number of aromatic nitrogens is 1. The summed E-state index contributed by atoms with van der Waals surface area (Å²) in [6.07, 6.45) is 4.73. The highest BCUT2D eigenvalue weighted by atomic mass is 32.1. The third kappa shape index (κ3) is 4.49. The second-order valence-corrected chi connectivity index (χ2v) is 8.47. The highest BCUT2D eigenvalue weighted by Crippen LogP contribution is 2.33. The summed E-state index contributed by atoms with van der Waals surface area (Å²) in [6.45, 7) is 0.513. The number of nitrogens with zero attached hydrogens (tertiary/aromatic N) is 2. The van der Waals surface area contributed by atoms with Crippen molar-refractivity contribution in [3.05, 3.63) is 70.2 Å². The Morgan fingerprint density at radius 3 is 2.50 bits per heavy atom. The van der Waals surface area contributed by atoms with E-state index in [-0.39, 0.29) is 12.3 Å². The van der Waals surface area contributed by atoms with Crippen LogP contribution in [0.15, 0.2) is 48.5 Å². The zero-order chi connectivity index (χ0) is 20.9. The van der Waals surface area contributed by atoms with E-state index >= 15 is 0 Å². The van der Waals surface area contributed by atoms with Crippen molar-refractivity contribution in [3.8, 4) is 11.5 Å². The Morgan fingerprint density at radius 2 is 1.77 bits per heavy atom. The molecule has 0 aliphatic heterocycles. The third-order valence-corrected chi connectivity index (χ3v) is 6.53. The number of ether oxygens (including phenoxy) is 2. The van der Waals surface area contributed by atoms with Crippen molar-refractivity contribution < 1.29 is 14.3 Å². The second kappa shape index (κ2) is 9.30. The monoisotopic (exact) mass is 422 g/mol. The molecule has 1 amide bonds. The van der Waals surface area contributed by atoms with Gasteiger partial charge in [-0.2, -0.15) is 0 Å². The molecule has 0 fully saturated rings. The molecular formula is C24H26N2O3S. The van der Waals surface area contributed by atoms with Crippen LogP contribution >= 0.6 is 11.3 Å². The molecule has 0 saturated carbocycles. The van der Waals surface area contributed by atoms with E-state index in [1.807, 2.05) is 53.4 Å². The number of fused-ring (bicyclic) bond motifs is 1. The Balaban J connectivity index is 1.61. The minimum Gasteiger partial charge on any atom is -0.493 e.